The van der Waals surface area contributed by atoms with Crippen LogP contribution in [0.2, 0.25) is 0 Å². The lowest BCUT2D eigenvalue weighted by atomic mass is 9.77. The molecule has 1 aromatic carbocycles. The molecule has 1 aliphatic rings. The van der Waals surface area contributed by atoms with Gasteiger partial charge in [-0.05, 0) is 51.4 Å². The predicted octanol–water partition coefficient (Wildman–Crippen LogP) is 3.60. The van der Waals surface area contributed by atoms with E-state index < -0.39 is 18.3 Å². The fraction of sp³-hybridized carbons (Fsp3) is 0.467. The number of aliphatic hydroxyl groups excluding tert-OH is 1. The van der Waals surface area contributed by atoms with E-state index in [-0.39, 0.29) is 12.4 Å². The van der Waals surface area contributed by atoms with Crippen LogP contribution in [-0.2, 0) is 9.31 Å². The molecular weight excluding hydrogens is 338 g/mol. The molecule has 0 spiro atoms. The Morgan fingerprint density at radius 3 is 2.38 bits per heavy atom. The molecule has 1 aromatic rings. The number of hydrogen-bond donors (Lipinski definition) is 1. The molecule has 1 aliphatic heterocycles. The van der Waals surface area contributed by atoms with Gasteiger partial charge in [-0.3, -0.25) is 0 Å². The van der Waals surface area contributed by atoms with Crippen molar-refractivity contribution in [1.29, 1.82) is 0 Å². The minimum atomic E-state index is -0.682. The second kappa shape index (κ2) is 5.84. The summed E-state index contributed by atoms with van der Waals surface area (Å²) in [6, 6.07) is 4.64. The van der Waals surface area contributed by atoms with Crippen molar-refractivity contribution < 1.29 is 18.8 Å². The van der Waals surface area contributed by atoms with Crippen molar-refractivity contribution in [2.45, 2.75) is 38.9 Å². The van der Waals surface area contributed by atoms with Gasteiger partial charge >= 0.3 is 7.12 Å². The molecule has 3 nitrogen and oxygen atoms in total. The van der Waals surface area contributed by atoms with Gasteiger partial charge in [0, 0.05) is 10.0 Å². The molecular formula is C15H19BBrFO3. The third-order valence-corrected chi connectivity index (χ3v) is 4.53. The molecule has 0 aliphatic carbocycles. The lowest BCUT2D eigenvalue weighted by Crippen LogP contribution is -2.41. The second-order valence-corrected chi connectivity index (χ2v) is 7.05. The molecule has 1 heterocycles. The highest BCUT2D eigenvalue weighted by atomic mass is 79.9. The lowest BCUT2D eigenvalue weighted by molar-refractivity contribution is 0.00578. The van der Waals surface area contributed by atoms with Gasteiger partial charge in [0.2, 0.25) is 0 Å². The Kier molecular flexibility index (Phi) is 4.64. The molecule has 114 valence electrons. The fourth-order valence-corrected chi connectivity index (χ4v) is 2.39. The Morgan fingerprint density at radius 1 is 1.29 bits per heavy atom. The Balaban J connectivity index is 2.33. The first-order valence-electron chi connectivity index (χ1n) is 6.78. The van der Waals surface area contributed by atoms with E-state index in [1.807, 2.05) is 27.7 Å². The largest absolute Gasteiger partial charge is 0.492 e. The van der Waals surface area contributed by atoms with Crippen molar-refractivity contribution in [2.24, 2.45) is 0 Å². The predicted molar refractivity (Wildman–Crippen MR) is 85.2 cm³/mol. The van der Waals surface area contributed by atoms with Crippen LogP contribution in [0.3, 0.4) is 0 Å². The number of aliphatic hydroxyl groups is 1. The van der Waals surface area contributed by atoms with E-state index >= 15 is 0 Å². The summed E-state index contributed by atoms with van der Waals surface area (Å²) in [4.78, 5) is 0. The molecule has 2 rings (SSSR count). The van der Waals surface area contributed by atoms with E-state index in [1.165, 1.54) is 6.07 Å². The number of benzene rings is 1. The zero-order valence-corrected chi connectivity index (χ0v) is 14.2. The van der Waals surface area contributed by atoms with E-state index in [2.05, 4.69) is 15.9 Å². The van der Waals surface area contributed by atoms with Crippen molar-refractivity contribution in [3.63, 3.8) is 0 Å². The Morgan fingerprint density at radius 2 is 1.86 bits per heavy atom. The van der Waals surface area contributed by atoms with Crippen LogP contribution in [-0.4, -0.2) is 30.0 Å². The number of halogens is 2. The summed E-state index contributed by atoms with van der Waals surface area (Å²) in [5.41, 5.74) is -0.127. The summed E-state index contributed by atoms with van der Waals surface area (Å²) in [6.07, 6.45) is 1.57. The third-order valence-electron chi connectivity index (χ3n) is 4.04. The summed E-state index contributed by atoms with van der Waals surface area (Å²) in [7, 11) is -0.682. The van der Waals surface area contributed by atoms with Crippen molar-refractivity contribution in [3.05, 3.63) is 39.5 Å². The molecule has 1 N–H and O–H groups in total. The van der Waals surface area contributed by atoms with Gasteiger partial charge in [0.15, 0.2) is 0 Å². The van der Waals surface area contributed by atoms with E-state index in [1.54, 1.807) is 18.2 Å². The Hall–Kier alpha value is -0.685. The normalized spacial score (nSPS) is 20.9. The van der Waals surface area contributed by atoms with Crippen LogP contribution in [0.5, 0.6) is 0 Å². The molecule has 0 saturated carbocycles. The molecule has 0 bridgehead atoms. The quantitative estimate of drug-likeness (QED) is 0.841. The van der Waals surface area contributed by atoms with Gasteiger partial charge in [0.1, 0.15) is 5.82 Å². The highest BCUT2D eigenvalue weighted by molar-refractivity contribution is 9.10. The first-order chi connectivity index (χ1) is 9.66. The van der Waals surface area contributed by atoms with Crippen LogP contribution >= 0.6 is 15.9 Å². The van der Waals surface area contributed by atoms with Crippen LogP contribution in [0.4, 0.5) is 4.39 Å². The minimum absolute atomic E-state index is 0.261. The first kappa shape index (κ1) is 16.7. The van der Waals surface area contributed by atoms with Gasteiger partial charge in [-0.1, -0.05) is 22.0 Å². The summed E-state index contributed by atoms with van der Waals surface area (Å²) >= 11 is 3.31. The van der Waals surface area contributed by atoms with Gasteiger partial charge in [-0.25, -0.2) is 4.39 Å². The van der Waals surface area contributed by atoms with Gasteiger partial charge in [0.25, 0.3) is 0 Å². The van der Waals surface area contributed by atoms with Gasteiger partial charge in [-0.15, -0.1) is 0 Å². The average Bonchev–Trinajstić information content (AvgIpc) is 2.59. The molecule has 1 saturated heterocycles. The van der Waals surface area contributed by atoms with E-state index in [0.717, 1.165) is 4.47 Å². The van der Waals surface area contributed by atoms with Crippen molar-refractivity contribution in [1.82, 2.24) is 0 Å². The first-order valence-corrected chi connectivity index (χ1v) is 7.57. The van der Waals surface area contributed by atoms with Crippen LogP contribution < -0.4 is 0 Å². The van der Waals surface area contributed by atoms with Crippen molar-refractivity contribution in [3.8, 4) is 0 Å². The van der Waals surface area contributed by atoms with Gasteiger partial charge in [0.05, 0.1) is 17.8 Å². The van der Waals surface area contributed by atoms with Crippen LogP contribution in [0, 0.1) is 5.82 Å². The van der Waals surface area contributed by atoms with E-state index in [0.29, 0.717) is 11.0 Å². The van der Waals surface area contributed by atoms with E-state index in [4.69, 9.17) is 9.31 Å². The minimum Gasteiger partial charge on any atom is -0.400 e. The third kappa shape index (κ3) is 3.39. The molecule has 0 aromatic heterocycles. The lowest BCUT2D eigenvalue weighted by Gasteiger charge is -2.32. The second-order valence-electron chi connectivity index (χ2n) is 6.13. The molecule has 0 atom stereocenters. The highest BCUT2D eigenvalue weighted by Crippen LogP contribution is 2.38. The van der Waals surface area contributed by atoms with Crippen molar-refractivity contribution >= 4 is 29.1 Å². The summed E-state index contributed by atoms with van der Waals surface area (Å²) in [6.45, 7) is 7.47. The standard InChI is InChI=1S/C15H19BBrFO3/c1-14(2)15(3,4)21-16(20-14)11(9-19)7-10-8-12(17)5-6-13(10)18/h5-8,19H,9H2,1-4H3. The molecule has 1 fully saturated rings. The van der Waals surface area contributed by atoms with E-state index in [9.17, 15) is 9.50 Å². The topological polar surface area (TPSA) is 38.7 Å². The van der Waals surface area contributed by atoms with Gasteiger partial charge < -0.3 is 14.4 Å². The Labute approximate surface area is 133 Å². The SMILES string of the molecule is CC1(C)OB(C(=Cc2cc(Br)ccc2F)CO)OC1(C)C. The summed E-state index contributed by atoms with van der Waals surface area (Å²) in [5.74, 6) is -0.360. The van der Waals surface area contributed by atoms with Crippen LogP contribution in [0.25, 0.3) is 6.08 Å². The van der Waals surface area contributed by atoms with Crippen LogP contribution in [0.15, 0.2) is 28.1 Å². The average molecular weight is 357 g/mol. The molecule has 21 heavy (non-hydrogen) atoms. The van der Waals surface area contributed by atoms with Gasteiger partial charge in [-0.2, -0.15) is 0 Å². The molecule has 0 unspecified atom stereocenters. The molecule has 0 amide bonds. The molecule has 0 radical (unpaired) electrons. The van der Waals surface area contributed by atoms with Crippen molar-refractivity contribution in [2.75, 3.05) is 6.61 Å². The smallest absolute Gasteiger partial charge is 0.400 e. The zero-order chi connectivity index (χ0) is 15.8. The summed E-state index contributed by atoms with van der Waals surface area (Å²) < 4.78 is 26.3. The van der Waals surface area contributed by atoms with Crippen LogP contribution in [0.1, 0.15) is 33.3 Å². The maximum atomic E-state index is 13.8. The Bertz CT molecular complexity index is 556. The maximum Gasteiger partial charge on any atom is 0.492 e. The molecule has 6 heteroatoms. The highest BCUT2D eigenvalue weighted by Gasteiger charge is 2.52. The fourth-order valence-electron chi connectivity index (χ4n) is 2.01. The summed E-state index contributed by atoms with van der Waals surface area (Å²) in [5, 5.41) is 9.59. The monoisotopic (exact) mass is 356 g/mol. The zero-order valence-electron chi connectivity index (χ0n) is 12.6. The number of rotatable bonds is 3. The maximum absolute atomic E-state index is 13.8. The number of hydrogen-bond acceptors (Lipinski definition) is 3.